The van der Waals surface area contributed by atoms with Gasteiger partial charge in [-0.3, -0.25) is 15.0 Å². The van der Waals surface area contributed by atoms with Gasteiger partial charge in [-0.15, -0.1) is 0 Å². The number of aliphatic hydroxyl groups is 1. The number of hydrogen-bond acceptors (Lipinski definition) is 5. The summed E-state index contributed by atoms with van der Waals surface area (Å²) in [5, 5.41) is 25.0. The van der Waals surface area contributed by atoms with Gasteiger partial charge in [-0.05, 0) is 55.9 Å². The summed E-state index contributed by atoms with van der Waals surface area (Å²) in [5.74, 6) is 1.69. The maximum absolute atomic E-state index is 13.0. The summed E-state index contributed by atoms with van der Waals surface area (Å²) in [7, 11) is 0. The van der Waals surface area contributed by atoms with E-state index in [4.69, 9.17) is 4.74 Å². The Kier molecular flexibility index (Phi) is 3.62. The van der Waals surface area contributed by atoms with Gasteiger partial charge in [0.05, 0.1) is 22.8 Å². The highest BCUT2D eigenvalue weighted by Gasteiger charge is 2.55. The van der Waals surface area contributed by atoms with Crippen molar-refractivity contribution in [3.63, 3.8) is 0 Å². The first-order valence-electron chi connectivity index (χ1n) is 9.63. The van der Waals surface area contributed by atoms with Crippen LogP contribution in [0.1, 0.15) is 32.1 Å². The fourth-order valence-corrected chi connectivity index (χ4v) is 5.97. The quantitative estimate of drug-likeness (QED) is 0.612. The van der Waals surface area contributed by atoms with E-state index in [0.29, 0.717) is 42.3 Å². The third kappa shape index (κ3) is 2.74. The minimum absolute atomic E-state index is 0.0612. The molecule has 0 spiro atoms. The molecular formula is C19H23N3O5. The van der Waals surface area contributed by atoms with Crippen molar-refractivity contribution >= 4 is 17.4 Å². The lowest BCUT2D eigenvalue weighted by atomic mass is 9.52. The molecule has 8 heteroatoms. The zero-order valence-corrected chi connectivity index (χ0v) is 15.0. The number of amides is 2. The van der Waals surface area contributed by atoms with Crippen LogP contribution in [0.4, 0.5) is 16.2 Å². The van der Waals surface area contributed by atoms with Crippen LogP contribution in [0.5, 0.6) is 5.75 Å². The van der Waals surface area contributed by atoms with E-state index in [1.165, 1.54) is 12.1 Å². The average Bonchev–Trinajstić information content (AvgIpc) is 2.62. The molecule has 8 nitrogen and oxygen atoms in total. The lowest BCUT2D eigenvalue weighted by Crippen LogP contribution is -2.63. The molecule has 2 unspecified atom stereocenters. The van der Waals surface area contributed by atoms with Crippen molar-refractivity contribution < 1.29 is 19.6 Å². The summed E-state index contributed by atoms with van der Waals surface area (Å²) >= 11 is 0. The first-order valence-corrected chi connectivity index (χ1v) is 9.63. The third-order valence-corrected chi connectivity index (χ3v) is 6.79. The van der Waals surface area contributed by atoms with Gasteiger partial charge in [-0.2, -0.15) is 0 Å². The van der Waals surface area contributed by atoms with Crippen LogP contribution in [-0.2, 0) is 0 Å². The van der Waals surface area contributed by atoms with Crippen LogP contribution in [0.15, 0.2) is 18.2 Å². The molecule has 4 fully saturated rings. The second kappa shape index (κ2) is 5.82. The zero-order chi connectivity index (χ0) is 18.8. The molecule has 4 saturated carbocycles. The van der Waals surface area contributed by atoms with Gasteiger partial charge in [0, 0.05) is 18.2 Å². The zero-order valence-electron chi connectivity index (χ0n) is 15.0. The lowest BCUT2D eigenvalue weighted by Gasteiger charge is -2.58. The van der Waals surface area contributed by atoms with E-state index in [0.717, 1.165) is 32.1 Å². The standard InChI is InChI=1S/C19H23N3O5/c23-18(20-17-12-5-11-6-13(17)10-19(24,8-11)9-12)21-3-4-27-16-2-1-14(22(25)26)7-15(16)21/h1-2,7,11-13,17,24H,3-6,8-10H2,(H,20,23). The maximum atomic E-state index is 13.0. The van der Waals surface area contributed by atoms with Crippen molar-refractivity contribution in [1.29, 1.82) is 0 Å². The number of fused-ring (bicyclic) bond motifs is 1. The van der Waals surface area contributed by atoms with E-state index >= 15 is 0 Å². The van der Waals surface area contributed by atoms with Crippen LogP contribution >= 0.6 is 0 Å². The number of hydrogen-bond donors (Lipinski definition) is 2. The predicted molar refractivity (Wildman–Crippen MR) is 96.8 cm³/mol. The number of carbonyl (C=O) groups excluding carboxylic acids is 1. The highest BCUT2D eigenvalue weighted by atomic mass is 16.6. The van der Waals surface area contributed by atoms with Crippen molar-refractivity contribution in [2.75, 3.05) is 18.1 Å². The van der Waals surface area contributed by atoms with E-state index in [1.807, 2.05) is 0 Å². The molecule has 0 aromatic heterocycles. The van der Waals surface area contributed by atoms with Crippen LogP contribution < -0.4 is 15.0 Å². The Bertz CT molecular complexity index is 797. The number of ether oxygens (including phenoxy) is 1. The number of nitrogens with one attached hydrogen (secondary N) is 1. The molecule has 0 radical (unpaired) electrons. The van der Waals surface area contributed by atoms with E-state index in [9.17, 15) is 20.0 Å². The average molecular weight is 373 g/mol. The lowest BCUT2D eigenvalue weighted by molar-refractivity contribution is -0.384. The number of benzene rings is 1. The van der Waals surface area contributed by atoms with Crippen molar-refractivity contribution in [1.82, 2.24) is 5.32 Å². The van der Waals surface area contributed by atoms with E-state index in [-0.39, 0.29) is 17.8 Å². The summed E-state index contributed by atoms with van der Waals surface area (Å²) in [6, 6.07) is 4.17. The number of anilines is 1. The third-order valence-electron chi connectivity index (χ3n) is 6.79. The van der Waals surface area contributed by atoms with Crippen LogP contribution in [0.2, 0.25) is 0 Å². The summed E-state index contributed by atoms with van der Waals surface area (Å²) in [6.07, 6.45) is 4.55. The summed E-state index contributed by atoms with van der Waals surface area (Å²) in [6.45, 7) is 0.714. The van der Waals surface area contributed by atoms with Crippen molar-refractivity contribution in [2.45, 2.75) is 43.7 Å². The molecule has 1 heterocycles. The van der Waals surface area contributed by atoms with Crippen LogP contribution in [0.25, 0.3) is 0 Å². The number of nitrogens with zero attached hydrogens (tertiary/aromatic N) is 2. The number of carbonyl (C=O) groups is 1. The summed E-state index contributed by atoms with van der Waals surface area (Å²) < 4.78 is 5.56. The topological polar surface area (TPSA) is 105 Å². The van der Waals surface area contributed by atoms with E-state index < -0.39 is 10.5 Å². The van der Waals surface area contributed by atoms with Gasteiger partial charge in [0.2, 0.25) is 0 Å². The monoisotopic (exact) mass is 373 g/mol. The number of nitro benzene ring substituents is 1. The number of non-ortho nitro benzene ring substituents is 1. The Morgan fingerprint density at radius 2 is 2.04 bits per heavy atom. The molecule has 6 rings (SSSR count). The highest BCUT2D eigenvalue weighted by Crippen LogP contribution is 2.55. The minimum Gasteiger partial charge on any atom is -0.490 e. The fraction of sp³-hybridized carbons (Fsp3) is 0.632. The molecule has 27 heavy (non-hydrogen) atoms. The SMILES string of the molecule is O=C(NC1C2CC3CC1CC(O)(C3)C2)N1CCOc2ccc([N+](=O)[O-])cc21. The molecule has 2 amide bonds. The smallest absolute Gasteiger partial charge is 0.322 e. The van der Waals surface area contributed by atoms with Gasteiger partial charge in [0.1, 0.15) is 12.4 Å². The Morgan fingerprint density at radius 1 is 1.30 bits per heavy atom. The first kappa shape index (κ1) is 16.8. The molecule has 0 saturated heterocycles. The summed E-state index contributed by atoms with van der Waals surface area (Å²) in [4.78, 5) is 25.2. The van der Waals surface area contributed by atoms with Crippen LogP contribution in [0.3, 0.4) is 0 Å². The molecule has 144 valence electrons. The fourth-order valence-electron chi connectivity index (χ4n) is 5.97. The summed E-state index contributed by atoms with van der Waals surface area (Å²) in [5.41, 5.74) is -0.159. The second-order valence-corrected chi connectivity index (χ2v) is 8.58. The number of nitro groups is 1. The molecule has 5 aliphatic rings. The minimum atomic E-state index is -0.538. The molecule has 1 aromatic carbocycles. The second-order valence-electron chi connectivity index (χ2n) is 8.58. The highest BCUT2D eigenvalue weighted by molar-refractivity contribution is 5.94. The normalized spacial score (nSPS) is 36.1. The number of urea groups is 1. The van der Waals surface area contributed by atoms with Crippen LogP contribution in [0, 0.1) is 27.9 Å². The van der Waals surface area contributed by atoms with Gasteiger partial charge in [-0.25, -0.2) is 4.79 Å². The Hall–Kier alpha value is -2.35. The molecule has 4 aliphatic carbocycles. The Balaban J connectivity index is 1.37. The molecule has 2 N–H and O–H groups in total. The predicted octanol–water partition coefficient (Wildman–Crippen LogP) is 2.44. The number of rotatable bonds is 2. The maximum Gasteiger partial charge on any atom is 0.322 e. The van der Waals surface area contributed by atoms with Gasteiger partial charge in [0.25, 0.3) is 5.69 Å². The van der Waals surface area contributed by atoms with Gasteiger partial charge >= 0.3 is 6.03 Å². The van der Waals surface area contributed by atoms with Crippen molar-refractivity contribution in [3.8, 4) is 5.75 Å². The van der Waals surface area contributed by atoms with Crippen molar-refractivity contribution in [2.24, 2.45) is 17.8 Å². The Labute approximate surface area is 156 Å². The molecule has 1 aliphatic heterocycles. The van der Waals surface area contributed by atoms with Crippen LogP contribution in [-0.4, -0.2) is 40.9 Å². The molecule has 2 atom stereocenters. The molecule has 4 bridgehead atoms. The molecule has 1 aromatic rings. The Morgan fingerprint density at radius 3 is 2.70 bits per heavy atom. The first-order chi connectivity index (χ1) is 12.9. The van der Waals surface area contributed by atoms with E-state index in [2.05, 4.69) is 5.32 Å². The van der Waals surface area contributed by atoms with E-state index in [1.54, 1.807) is 11.0 Å². The van der Waals surface area contributed by atoms with Gasteiger partial charge in [-0.1, -0.05) is 0 Å². The van der Waals surface area contributed by atoms with Gasteiger partial charge in [0.15, 0.2) is 0 Å². The molecular weight excluding hydrogens is 350 g/mol. The van der Waals surface area contributed by atoms with Crippen molar-refractivity contribution in [3.05, 3.63) is 28.3 Å². The largest absolute Gasteiger partial charge is 0.490 e. The van der Waals surface area contributed by atoms with Gasteiger partial charge < -0.3 is 15.2 Å².